The van der Waals surface area contributed by atoms with Gasteiger partial charge in [0.1, 0.15) is 11.3 Å². The number of hydrogen-bond donors (Lipinski definition) is 1. The molecule has 128 valence electrons. The maximum absolute atomic E-state index is 12.7. The fourth-order valence-corrected chi connectivity index (χ4v) is 3.65. The standard InChI is InChI=1S/C19H26N4O/c1-12(2)15-9-8-13(3)11-16(15)21-22-19(24)18-14(4)20-17-7-5-6-10-23(17)18/h5-7,10,12-13,15H,8-9,11H2,1-4H3,(H,22,24)/t13-,15+/m0/s1. The molecule has 1 fully saturated rings. The number of nitrogens with one attached hydrogen (secondary N) is 1. The summed E-state index contributed by atoms with van der Waals surface area (Å²) in [5.41, 5.74) is 5.96. The molecule has 2 aromatic heterocycles. The number of rotatable bonds is 3. The fraction of sp³-hybridized carbons (Fsp3) is 0.526. The Morgan fingerprint density at radius 2 is 2.17 bits per heavy atom. The van der Waals surface area contributed by atoms with E-state index >= 15 is 0 Å². The molecule has 1 saturated carbocycles. The van der Waals surface area contributed by atoms with Gasteiger partial charge < -0.3 is 0 Å². The number of aryl methyl sites for hydroxylation is 1. The molecule has 0 aromatic carbocycles. The van der Waals surface area contributed by atoms with Crippen LogP contribution in [0.2, 0.25) is 0 Å². The van der Waals surface area contributed by atoms with Crippen LogP contribution in [0.1, 0.15) is 56.2 Å². The first kappa shape index (κ1) is 16.7. The molecule has 1 N–H and O–H groups in total. The summed E-state index contributed by atoms with van der Waals surface area (Å²) < 4.78 is 1.81. The SMILES string of the molecule is Cc1nc2ccccn2c1C(=O)NN=C1C[C@@H](C)CC[C@@H]1C(C)C. The summed E-state index contributed by atoms with van der Waals surface area (Å²) in [4.78, 5) is 17.1. The zero-order valence-electron chi connectivity index (χ0n) is 14.9. The van der Waals surface area contributed by atoms with Crippen LogP contribution in [0.4, 0.5) is 0 Å². The van der Waals surface area contributed by atoms with Gasteiger partial charge in [-0.25, -0.2) is 10.4 Å². The van der Waals surface area contributed by atoms with Crippen LogP contribution < -0.4 is 5.43 Å². The molecule has 2 atom stereocenters. The zero-order chi connectivity index (χ0) is 17.3. The molecular weight excluding hydrogens is 300 g/mol. The lowest BCUT2D eigenvalue weighted by Crippen LogP contribution is -2.31. The lowest BCUT2D eigenvalue weighted by atomic mass is 9.76. The highest BCUT2D eigenvalue weighted by Crippen LogP contribution is 2.31. The normalized spacial score (nSPS) is 23.1. The van der Waals surface area contributed by atoms with E-state index in [4.69, 9.17) is 0 Å². The number of hydrogen-bond acceptors (Lipinski definition) is 3. The molecule has 1 amide bonds. The van der Waals surface area contributed by atoms with Gasteiger partial charge in [-0.05, 0) is 50.2 Å². The van der Waals surface area contributed by atoms with E-state index in [0.717, 1.165) is 29.9 Å². The van der Waals surface area contributed by atoms with Crippen LogP contribution in [0.15, 0.2) is 29.5 Å². The third-order valence-electron chi connectivity index (χ3n) is 4.98. The van der Waals surface area contributed by atoms with Gasteiger partial charge in [0.25, 0.3) is 5.91 Å². The minimum atomic E-state index is -0.195. The summed E-state index contributed by atoms with van der Waals surface area (Å²) in [5, 5.41) is 4.52. The van der Waals surface area contributed by atoms with Crippen molar-refractivity contribution < 1.29 is 4.79 Å². The summed E-state index contributed by atoms with van der Waals surface area (Å²) in [5.74, 6) is 1.45. The molecule has 0 saturated heterocycles. The quantitative estimate of drug-likeness (QED) is 0.872. The van der Waals surface area contributed by atoms with Crippen LogP contribution in [0.3, 0.4) is 0 Å². The third-order valence-corrected chi connectivity index (χ3v) is 4.98. The molecular formula is C19H26N4O. The first-order valence-corrected chi connectivity index (χ1v) is 8.77. The van der Waals surface area contributed by atoms with E-state index in [9.17, 15) is 4.79 Å². The molecule has 2 aromatic rings. The van der Waals surface area contributed by atoms with Gasteiger partial charge in [0, 0.05) is 17.8 Å². The van der Waals surface area contributed by atoms with E-state index < -0.39 is 0 Å². The summed E-state index contributed by atoms with van der Waals surface area (Å²) >= 11 is 0. The second kappa shape index (κ2) is 6.75. The van der Waals surface area contributed by atoms with Crippen molar-refractivity contribution in [1.82, 2.24) is 14.8 Å². The van der Waals surface area contributed by atoms with Crippen molar-refractivity contribution in [1.29, 1.82) is 0 Å². The van der Waals surface area contributed by atoms with Crippen LogP contribution in [0.5, 0.6) is 0 Å². The second-order valence-corrected chi connectivity index (χ2v) is 7.26. The van der Waals surface area contributed by atoms with Gasteiger partial charge in [-0.2, -0.15) is 5.10 Å². The van der Waals surface area contributed by atoms with E-state index in [-0.39, 0.29) is 5.91 Å². The monoisotopic (exact) mass is 326 g/mol. The number of aromatic nitrogens is 2. The van der Waals surface area contributed by atoms with Crippen molar-refractivity contribution in [2.24, 2.45) is 22.9 Å². The Morgan fingerprint density at radius 3 is 2.92 bits per heavy atom. The van der Waals surface area contributed by atoms with Crippen LogP contribution in [0.25, 0.3) is 5.65 Å². The Bertz CT molecular complexity index is 775. The van der Waals surface area contributed by atoms with Gasteiger partial charge in [-0.15, -0.1) is 0 Å². The summed E-state index contributed by atoms with van der Waals surface area (Å²) in [7, 11) is 0. The van der Waals surface area contributed by atoms with Crippen molar-refractivity contribution in [3.05, 3.63) is 35.8 Å². The number of hydrazone groups is 1. The minimum absolute atomic E-state index is 0.195. The van der Waals surface area contributed by atoms with Gasteiger partial charge in [0.05, 0.1) is 5.69 Å². The molecule has 0 spiro atoms. The predicted molar refractivity (Wildman–Crippen MR) is 96.2 cm³/mol. The Labute approximate surface area is 143 Å². The average Bonchev–Trinajstić information content (AvgIpc) is 2.88. The van der Waals surface area contributed by atoms with Gasteiger partial charge in [0.2, 0.25) is 0 Å². The molecule has 5 nitrogen and oxygen atoms in total. The lowest BCUT2D eigenvalue weighted by Gasteiger charge is -2.30. The zero-order valence-corrected chi connectivity index (χ0v) is 14.9. The Hall–Kier alpha value is -2.17. The van der Waals surface area contributed by atoms with E-state index in [1.165, 1.54) is 6.42 Å². The molecule has 0 bridgehead atoms. The predicted octanol–water partition coefficient (Wildman–Crippen LogP) is 3.82. The summed E-state index contributed by atoms with van der Waals surface area (Å²) in [6, 6.07) is 5.71. The minimum Gasteiger partial charge on any atom is -0.295 e. The summed E-state index contributed by atoms with van der Waals surface area (Å²) in [6.07, 6.45) is 5.22. The number of fused-ring (bicyclic) bond motifs is 1. The molecule has 0 aliphatic heterocycles. The summed E-state index contributed by atoms with van der Waals surface area (Å²) in [6.45, 7) is 8.57. The smallest absolute Gasteiger partial charge is 0.290 e. The molecule has 1 aliphatic rings. The largest absolute Gasteiger partial charge is 0.295 e. The van der Waals surface area contributed by atoms with Crippen molar-refractivity contribution in [3.63, 3.8) is 0 Å². The molecule has 0 unspecified atom stereocenters. The fourth-order valence-electron chi connectivity index (χ4n) is 3.65. The molecule has 3 rings (SSSR count). The number of carbonyl (C=O) groups is 1. The number of nitrogens with zero attached hydrogens (tertiary/aromatic N) is 3. The maximum Gasteiger partial charge on any atom is 0.290 e. The molecule has 0 radical (unpaired) electrons. The van der Waals surface area contributed by atoms with Gasteiger partial charge in [0.15, 0.2) is 0 Å². The first-order valence-electron chi connectivity index (χ1n) is 8.77. The molecule has 2 heterocycles. The van der Waals surface area contributed by atoms with Crippen molar-refractivity contribution in [2.45, 2.75) is 47.0 Å². The Balaban J connectivity index is 1.84. The van der Waals surface area contributed by atoms with Gasteiger partial charge in [-0.1, -0.05) is 26.8 Å². The number of pyridine rings is 1. The highest BCUT2D eigenvalue weighted by Gasteiger charge is 2.27. The highest BCUT2D eigenvalue weighted by atomic mass is 16.2. The second-order valence-electron chi connectivity index (χ2n) is 7.26. The Kier molecular flexibility index (Phi) is 4.69. The van der Waals surface area contributed by atoms with Crippen LogP contribution in [0, 0.1) is 24.7 Å². The van der Waals surface area contributed by atoms with Gasteiger partial charge in [-0.3, -0.25) is 9.20 Å². The van der Waals surface area contributed by atoms with Crippen LogP contribution in [-0.4, -0.2) is 21.0 Å². The van der Waals surface area contributed by atoms with Crippen LogP contribution >= 0.6 is 0 Å². The van der Waals surface area contributed by atoms with Crippen molar-refractivity contribution in [2.75, 3.05) is 0 Å². The van der Waals surface area contributed by atoms with E-state index in [0.29, 0.717) is 23.4 Å². The molecule has 24 heavy (non-hydrogen) atoms. The topological polar surface area (TPSA) is 58.8 Å². The van der Waals surface area contributed by atoms with Crippen molar-refractivity contribution >= 4 is 17.3 Å². The number of amides is 1. The first-order chi connectivity index (χ1) is 11.5. The average molecular weight is 326 g/mol. The highest BCUT2D eigenvalue weighted by molar-refractivity contribution is 5.96. The Morgan fingerprint density at radius 1 is 1.38 bits per heavy atom. The van der Waals surface area contributed by atoms with Gasteiger partial charge >= 0.3 is 0 Å². The lowest BCUT2D eigenvalue weighted by molar-refractivity contribution is 0.0947. The maximum atomic E-state index is 12.7. The number of imidazole rings is 1. The van der Waals surface area contributed by atoms with E-state index in [1.807, 2.05) is 35.7 Å². The molecule has 1 aliphatic carbocycles. The number of carbonyl (C=O) groups excluding carboxylic acids is 1. The van der Waals surface area contributed by atoms with Crippen LogP contribution in [-0.2, 0) is 0 Å². The van der Waals surface area contributed by atoms with E-state index in [2.05, 4.69) is 36.3 Å². The molecule has 5 heteroatoms. The van der Waals surface area contributed by atoms with E-state index in [1.54, 1.807) is 0 Å². The van der Waals surface area contributed by atoms with Crippen molar-refractivity contribution in [3.8, 4) is 0 Å². The third kappa shape index (κ3) is 3.21.